The lowest BCUT2D eigenvalue weighted by molar-refractivity contribution is -0.124. The molecule has 0 aromatic rings. The van der Waals surface area contributed by atoms with Crippen LogP contribution in [0, 0.1) is 5.92 Å². The van der Waals surface area contributed by atoms with Crippen molar-refractivity contribution in [3.05, 3.63) is 0 Å². The fraction of sp³-hybridized carbons (Fsp3) is 0.818. The Kier molecular flexibility index (Phi) is 4.63. The van der Waals surface area contributed by atoms with Crippen LogP contribution in [0.2, 0.25) is 0 Å². The van der Waals surface area contributed by atoms with E-state index in [2.05, 4.69) is 5.32 Å². The van der Waals surface area contributed by atoms with Crippen LogP contribution in [-0.4, -0.2) is 18.2 Å². The molecule has 1 aliphatic carbocycles. The summed E-state index contributed by atoms with van der Waals surface area (Å²) in [6.45, 7) is 1.69. The Bertz CT molecular complexity index is 197. The van der Waals surface area contributed by atoms with Gasteiger partial charge in [0, 0.05) is 6.42 Å². The lowest BCUT2D eigenvalue weighted by Crippen LogP contribution is -2.33. The number of amides is 1. The van der Waals surface area contributed by atoms with Gasteiger partial charge < -0.3 is 10.1 Å². The van der Waals surface area contributed by atoms with Gasteiger partial charge in [-0.1, -0.05) is 25.7 Å². The summed E-state index contributed by atoms with van der Waals surface area (Å²) in [5.41, 5.74) is 0. The van der Waals surface area contributed by atoms with Crippen molar-refractivity contribution in [3.63, 3.8) is 0 Å². The van der Waals surface area contributed by atoms with Gasteiger partial charge in [0.2, 0.25) is 5.91 Å². The van der Waals surface area contributed by atoms with Gasteiger partial charge in [0.05, 0.1) is 6.04 Å². The van der Waals surface area contributed by atoms with Gasteiger partial charge in [0.15, 0.2) is 0 Å². The molecule has 0 bridgehead atoms. The summed E-state index contributed by atoms with van der Waals surface area (Å²) in [6.07, 6.45) is 7.49. The second kappa shape index (κ2) is 5.78. The molecular weight excluding hydrogens is 178 g/mol. The van der Waals surface area contributed by atoms with Crippen LogP contribution in [0.5, 0.6) is 0 Å². The van der Waals surface area contributed by atoms with E-state index in [4.69, 9.17) is 0 Å². The zero-order valence-corrected chi connectivity index (χ0v) is 8.79. The average molecular weight is 197 g/mol. The molecule has 3 nitrogen and oxygen atoms in total. The Morgan fingerprint density at radius 3 is 2.71 bits per heavy atom. The van der Waals surface area contributed by atoms with Gasteiger partial charge in [-0.05, 0) is 19.3 Å². The van der Waals surface area contributed by atoms with E-state index in [0.29, 0.717) is 6.42 Å². The van der Waals surface area contributed by atoms with Gasteiger partial charge in [-0.2, -0.15) is 0 Å². The smallest absolute Gasteiger partial charge is 0.220 e. The third kappa shape index (κ3) is 3.90. The first-order valence-electron chi connectivity index (χ1n) is 5.47. The standard InChI is InChI=1S/C11H19NO2/c1-9(8-13)12-11(14)7-6-10-4-2-3-5-10/h8-10H,2-7H2,1H3,(H,12,14)/t9-/m0/s1. The van der Waals surface area contributed by atoms with Gasteiger partial charge in [-0.3, -0.25) is 4.79 Å². The van der Waals surface area contributed by atoms with Crippen LogP contribution in [0.4, 0.5) is 0 Å². The summed E-state index contributed by atoms with van der Waals surface area (Å²) in [4.78, 5) is 21.6. The number of hydrogen-bond donors (Lipinski definition) is 1. The van der Waals surface area contributed by atoms with Gasteiger partial charge >= 0.3 is 0 Å². The van der Waals surface area contributed by atoms with Crippen molar-refractivity contribution < 1.29 is 9.59 Å². The second-order valence-corrected chi connectivity index (χ2v) is 4.18. The largest absolute Gasteiger partial charge is 0.347 e. The molecule has 1 fully saturated rings. The molecule has 0 spiro atoms. The molecule has 1 rings (SSSR count). The zero-order valence-electron chi connectivity index (χ0n) is 8.79. The first-order chi connectivity index (χ1) is 6.72. The summed E-state index contributed by atoms with van der Waals surface area (Å²) in [5, 5.41) is 2.65. The minimum absolute atomic E-state index is 0.0106. The van der Waals surface area contributed by atoms with Crippen molar-refractivity contribution in [3.8, 4) is 0 Å². The molecule has 1 amide bonds. The quantitative estimate of drug-likeness (QED) is 0.681. The molecule has 1 saturated carbocycles. The summed E-state index contributed by atoms with van der Waals surface area (Å²) < 4.78 is 0. The number of carbonyl (C=O) groups is 2. The minimum Gasteiger partial charge on any atom is -0.347 e. The molecule has 1 atom stereocenters. The molecule has 14 heavy (non-hydrogen) atoms. The van der Waals surface area contributed by atoms with E-state index in [0.717, 1.165) is 18.6 Å². The third-order valence-corrected chi connectivity index (χ3v) is 2.85. The molecule has 1 N–H and O–H groups in total. The van der Waals surface area contributed by atoms with Crippen molar-refractivity contribution in [1.82, 2.24) is 5.32 Å². The summed E-state index contributed by atoms with van der Waals surface area (Å²) in [6, 6.07) is -0.342. The maximum Gasteiger partial charge on any atom is 0.220 e. The summed E-state index contributed by atoms with van der Waals surface area (Å²) >= 11 is 0. The molecule has 0 aromatic heterocycles. The number of carbonyl (C=O) groups excluding carboxylic acids is 2. The van der Waals surface area contributed by atoms with Crippen LogP contribution in [-0.2, 0) is 9.59 Å². The maximum absolute atomic E-state index is 11.3. The van der Waals surface area contributed by atoms with E-state index in [1.54, 1.807) is 6.92 Å². The van der Waals surface area contributed by atoms with Gasteiger partial charge in [0.25, 0.3) is 0 Å². The Labute approximate surface area is 85.3 Å². The van der Waals surface area contributed by atoms with Crippen molar-refractivity contribution in [2.24, 2.45) is 5.92 Å². The van der Waals surface area contributed by atoms with Crippen molar-refractivity contribution in [2.45, 2.75) is 51.5 Å². The van der Waals surface area contributed by atoms with Crippen LogP contribution >= 0.6 is 0 Å². The lowest BCUT2D eigenvalue weighted by atomic mass is 10.0. The van der Waals surface area contributed by atoms with Gasteiger partial charge in [-0.25, -0.2) is 0 Å². The topological polar surface area (TPSA) is 46.2 Å². The first kappa shape index (κ1) is 11.2. The van der Waals surface area contributed by atoms with Crippen LogP contribution in [0.15, 0.2) is 0 Å². The fourth-order valence-electron chi connectivity index (χ4n) is 1.99. The van der Waals surface area contributed by atoms with E-state index in [-0.39, 0.29) is 11.9 Å². The van der Waals surface area contributed by atoms with Crippen LogP contribution < -0.4 is 5.32 Å². The Balaban J connectivity index is 2.10. The predicted octanol–water partition coefficient (Wildman–Crippen LogP) is 1.66. The van der Waals surface area contributed by atoms with Crippen LogP contribution in [0.3, 0.4) is 0 Å². The molecule has 3 heteroatoms. The van der Waals surface area contributed by atoms with E-state index >= 15 is 0 Å². The molecule has 0 unspecified atom stereocenters. The van der Waals surface area contributed by atoms with Gasteiger partial charge in [-0.15, -0.1) is 0 Å². The highest BCUT2D eigenvalue weighted by Gasteiger charge is 2.16. The molecule has 0 aromatic carbocycles. The summed E-state index contributed by atoms with van der Waals surface area (Å²) in [5.74, 6) is 0.754. The molecule has 0 aliphatic heterocycles. The van der Waals surface area contributed by atoms with Crippen LogP contribution in [0.25, 0.3) is 0 Å². The second-order valence-electron chi connectivity index (χ2n) is 4.18. The highest BCUT2D eigenvalue weighted by Crippen LogP contribution is 2.28. The third-order valence-electron chi connectivity index (χ3n) is 2.85. The molecule has 0 heterocycles. The minimum atomic E-state index is -0.342. The summed E-state index contributed by atoms with van der Waals surface area (Å²) in [7, 11) is 0. The molecule has 0 radical (unpaired) electrons. The van der Waals surface area contributed by atoms with E-state index in [1.807, 2.05) is 0 Å². The number of hydrogen-bond acceptors (Lipinski definition) is 2. The SMILES string of the molecule is C[C@@H](C=O)NC(=O)CCC1CCCC1. The number of rotatable bonds is 5. The van der Waals surface area contributed by atoms with Crippen molar-refractivity contribution in [2.75, 3.05) is 0 Å². The van der Waals surface area contributed by atoms with Crippen LogP contribution in [0.1, 0.15) is 45.4 Å². The van der Waals surface area contributed by atoms with E-state index in [1.165, 1.54) is 25.7 Å². The Hall–Kier alpha value is -0.860. The molecule has 0 saturated heterocycles. The number of aldehydes is 1. The average Bonchev–Trinajstić information content (AvgIpc) is 2.67. The number of nitrogens with one attached hydrogen (secondary N) is 1. The maximum atomic E-state index is 11.3. The van der Waals surface area contributed by atoms with E-state index < -0.39 is 0 Å². The molecular formula is C11H19NO2. The highest BCUT2D eigenvalue weighted by atomic mass is 16.2. The normalized spacial score (nSPS) is 19.2. The van der Waals surface area contributed by atoms with Crippen molar-refractivity contribution in [1.29, 1.82) is 0 Å². The van der Waals surface area contributed by atoms with Crippen molar-refractivity contribution >= 4 is 12.2 Å². The Morgan fingerprint density at radius 2 is 2.14 bits per heavy atom. The fourth-order valence-corrected chi connectivity index (χ4v) is 1.99. The van der Waals surface area contributed by atoms with E-state index in [9.17, 15) is 9.59 Å². The predicted molar refractivity (Wildman–Crippen MR) is 54.9 cm³/mol. The zero-order chi connectivity index (χ0) is 10.4. The molecule has 1 aliphatic rings. The molecule has 80 valence electrons. The first-order valence-corrected chi connectivity index (χ1v) is 5.47. The highest BCUT2D eigenvalue weighted by molar-refractivity contribution is 5.79. The monoisotopic (exact) mass is 197 g/mol. The van der Waals surface area contributed by atoms with Gasteiger partial charge in [0.1, 0.15) is 6.29 Å². The Morgan fingerprint density at radius 1 is 1.50 bits per heavy atom. The lowest BCUT2D eigenvalue weighted by Gasteiger charge is -2.10.